The summed E-state index contributed by atoms with van der Waals surface area (Å²) in [7, 11) is 0.823. The maximum Gasteiger partial charge on any atom is 0.155 e. The highest BCUT2D eigenvalue weighted by molar-refractivity contribution is 5.98. The maximum absolute atomic E-state index is 5.83. The van der Waals surface area contributed by atoms with Crippen LogP contribution in [0, 0.1) is 0 Å². The van der Waals surface area contributed by atoms with Crippen molar-refractivity contribution in [3.63, 3.8) is 0 Å². The monoisotopic (exact) mass is 256 g/mol. The van der Waals surface area contributed by atoms with Crippen LogP contribution in [0.2, 0.25) is 0 Å². The molecule has 0 heterocycles. The lowest BCUT2D eigenvalue weighted by Gasteiger charge is -2.40. The minimum Gasteiger partial charge on any atom is -0.401 e. The average Bonchev–Trinajstić information content (AvgIpc) is 3.01. The Kier molecular flexibility index (Phi) is 5.47. The normalized spacial score (nSPS) is 25.1. The van der Waals surface area contributed by atoms with Gasteiger partial charge in [-0.2, -0.15) is 0 Å². The molecule has 0 spiro atoms. The van der Waals surface area contributed by atoms with Crippen molar-refractivity contribution < 1.29 is 4.43 Å². The Bertz CT molecular complexity index is 199. The summed E-state index contributed by atoms with van der Waals surface area (Å²) < 4.78 is 5.83. The molecule has 100 valence electrons. The first kappa shape index (κ1) is 13.5. The van der Waals surface area contributed by atoms with Gasteiger partial charge in [-0.1, -0.05) is 32.6 Å². The Morgan fingerprint density at radius 3 is 1.94 bits per heavy atom. The zero-order valence-corrected chi connectivity index (χ0v) is 13.5. The van der Waals surface area contributed by atoms with Crippen LogP contribution < -0.4 is 5.32 Å². The third kappa shape index (κ3) is 3.31. The van der Waals surface area contributed by atoms with Crippen LogP contribution in [0.1, 0.15) is 58.3 Å². The molecule has 2 aliphatic carbocycles. The van der Waals surface area contributed by atoms with Crippen LogP contribution in [0.25, 0.3) is 0 Å². The second-order valence-electron chi connectivity index (χ2n) is 5.47. The Hall–Kier alpha value is 0.0969. The molecule has 2 fully saturated rings. The van der Waals surface area contributed by atoms with Crippen LogP contribution in [0.4, 0.5) is 0 Å². The number of hydrogen-bond donors (Lipinski definition) is 1. The van der Waals surface area contributed by atoms with Gasteiger partial charge < -0.3 is 4.43 Å². The van der Waals surface area contributed by atoms with Gasteiger partial charge >= 0.3 is 0 Å². The highest BCUT2D eigenvalue weighted by Crippen LogP contribution is 2.32. The standard InChI is InChI=1S/C13H28N2OSi/c1-2-14-13(16-17)15(11-7-3-4-8-11)12-9-5-6-10-12/h11-14H,2-10H2,1,17H3. The van der Waals surface area contributed by atoms with Crippen LogP contribution in [-0.2, 0) is 4.43 Å². The van der Waals surface area contributed by atoms with E-state index in [1.165, 1.54) is 51.4 Å². The molecule has 1 N–H and O–H groups in total. The summed E-state index contributed by atoms with van der Waals surface area (Å²) in [5.74, 6) is 0. The molecule has 0 aromatic rings. The summed E-state index contributed by atoms with van der Waals surface area (Å²) >= 11 is 0. The number of nitrogens with one attached hydrogen (secondary N) is 1. The molecule has 3 nitrogen and oxygen atoms in total. The minimum absolute atomic E-state index is 0.192. The smallest absolute Gasteiger partial charge is 0.155 e. The van der Waals surface area contributed by atoms with Gasteiger partial charge in [-0.05, 0) is 32.2 Å². The van der Waals surface area contributed by atoms with E-state index in [-0.39, 0.29) is 6.35 Å². The first-order valence-electron chi connectivity index (χ1n) is 7.40. The van der Waals surface area contributed by atoms with E-state index in [1.54, 1.807) is 0 Å². The van der Waals surface area contributed by atoms with Crippen molar-refractivity contribution in [3.8, 4) is 0 Å². The molecule has 0 amide bonds. The SMILES string of the molecule is CCNC(O[SiH3])N(C1CCCC1)C1CCCC1. The lowest BCUT2D eigenvalue weighted by atomic mass is 10.1. The molecular formula is C13H28N2OSi. The topological polar surface area (TPSA) is 24.5 Å². The van der Waals surface area contributed by atoms with Gasteiger partial charge in [0.25, 0.3) is 0 Å². The van der Waals surface area contributed by atoms with Gasteiger partial charge in [0, 0.05) is 12.1 Å². The van der Waals surface area contributed by atoms with Crippen molar-refractivity contribution in [2.24, 2.45) is 0 Å². The third-order valence-corrected chi connectivity index (χ3v) is 4.81. The zero-order chi connectivity index (χ0) is 12.1. The van der Waals surface area contributed by atoms with Crippen molar-refractivity contribution in [2.75, 3.05) is 6.54 Å². The van der Waals surface area contributed by atoms with Crippen molar-refractivity contribution in [1.29, 1.82) is 0 Å². The van der Waals surface area contributed by atoms with E-state index in [2.05, 4.69) is 17.1 Å². The molecule has 0 aliphatic heterocycles. The van der Waals surface area contributed by atoms with E-state index >= 15 is 0 Å². The molecule has 1 atom stereocenters. The molecule has 0 aromatic carbocycles. The molecular weight excluding hydrogens is 228 g/mol. The molecule has 4 heteroatoms. The van der Waals surface area contributed by atoms with Gasteiger partial charge in [-0.25, -0.2) is 0 Å². The van der Waals surface area contributed by atoms with Crippen LogP contribution >= 0.6 is 0 Å². The molecule has 2 saturated carbocycles. The fraction of sp³-hybridized carbons (Fsp3) is 1.00. The fourth-order valence-corrected chi connectivity index (χ4v) is 3.98. The largest absolute Gasteiger partial charge is 0.401 e. The predicted molar refractivity (Wildman–Crippen MR) is 74.8 cm³/mol. The maximum atomic E-state index is 5.83. The van der Waals surface area contributed by atoms with Crippen LogP contribution in [0.15, 0.2) is 0 Å². The van der Waals surface area contributed by atoms with Crippen LogP contribution in [-0.4, -0.2) is 40.4 Å². The zero-order valence-electron chi connectivity index (χ0n) is 11.5. The van der Waals surface area contributed by atoms with Gasteiger partial charge in [0.15, 0.2) is 6.35 Å². The van der Waals surface area contributed by atoms with Crippen molar-refractivity contribution in [1.82, 2.24) is 10.2 Å². The van der Waals surface area contributed by atoms with E-state index in [9.17, 15) is 0 Å². The summed E-state index contributed by atoms with van der Waals surface area (Å²) in [5.41, 5.74) is 0. The van der Waals surface area contributed by atoms with Crippen molar-refractivity contribution >= 4 is 10.5 Å². The highest BCUT2D eigenvalue weighted by atomic mass is 28.2. The second kappa shape index (κ2) is 6.88. The number of nitrogens with zero attached hydrogens (tertiary/aromatic N) is 1. The molecule has 0 saturated heterocycles. The van der Waals surface area contributed by atoms with E-state index in [0.717, 1.165) is 29.1 Å². The van der Waals surface area contributed by atoms with E-state index in [4.69, 9.17) is 4.43 Å². The molecule has 0 radical (unpaired) electrons. The number of rotatable bonds is 6. The number of hydrogen-bond acceptors (Lipinski definition) is 3. The van der Waals surface area contributed by atoms with E-state index < -0.39 is 0 Å². The first-order chi connectivity index (χ1) is 8.36. The molecule has 0 bridgehead atoms. The van der Waals surface area contributed by atoms with Crippen molar-refractivity contribution in [2.45, 2.75) is 76.7 Å². The summed E-state index contributed by atoms with van der Waals surface area (Å²) in [4.78, 5) is 2.69. The van der Waals surface area contributed by atoms with Gasteiger partial charge in [-0.15, -0.1) is 0 Å². The summed E-state index contributed by atoms with van der Waals surface area (Å²) in [6.45, 7) is 3.18. The second-order valence-corrected chi connectivity index (χ2v) is 5.94. The molecule has 1 unspecified atom stereocenters. The third-order valence-electron chi connectivity index (χ3n) is 4.37. The van der Waals surface area contributed by atoms with Gasteiger partial charge in [-0.3, -0.25) is 10.2 Å². The van der Waals surface area contributed by atoms with Gasteiger partial charge in [0.05, 0.1) is 0 Å². The Labute approximate surface area is 109 Å². The Morgan fingerprint density at radius 2 is 1.59 bits per heavy atom. The summed E-state index contributed by atoms with van der Waals surface area (Å²) in [6.07, 6.45) is 11.3. The lowest BCUT2D eigenvalue weighted by Crippen LogP contribution is -2.55. The average molecular weight is 256 g/mol. The quantitative estimate of drug-likeness (QED) is 0.574. The summed E-state index contributed by atoms with van der Waals surface area (Å²) in [6, 6.07) is 1.55. The lowest BCUT2D eigenvalue weighted by molar-refractivity contribution is -0.0498. The Balaban J connectivity index is 2.03. The van der Waals surface area contributed by atoms with Crippen LogP contribution in [0.3, 0.4) is 0 Å². The molecule has 2 rings (SSSR count). The van der Waals surface area contributed by atoms with Gasteiger partial charge in [0.1, 0.15) is 10.5 Å². The van der Waals surface area contributed by atoms with E-state index in [0.29, 0.717) is 0 Å². The minimum atomic E-state index is 0.192. The predicted octanol–water partition coefficient (Wildman–Crippen LogP) is 1.36. The fourth-order valence-electron chi connectivity index (χ4n) is 3.57. The molecule has 17 heavy (non-hydrogen) atoms. The van der Waals surface area contributed by atoms with E-state index in [1.807, 2.05) is 0 Å². The Morgan fingerprint density at radius 1 is 1.12 bits per heavy atom. The van der Waals surface area contributed by atoms with Gasteiger partial charge in [0.2, 0.25) is 0 Å². The van der Waals surface area contributed by atoms with Crippen molar-refractivity contribution in [3.05, 3.63) is 0 Å². The molecule has 2 aliphatic rings. The highest BCUT2D eigenvalue weighted by Gasteiger charge is 2.34. The summed E-state index contributed by atoms with van der Waals surface area (Å²) in [5, 5.41) is 3.52. The first-order valence-corrected chi connectivity index (χ1v) is 8.22. The van der Waals surface area contributed by atoms with Crippen LogP contribution in [0.5, 0.6) is 0 Å². The molecule has 0 aromatic heterocycles.